The molecule has 2 aromatic carbocycles. The van der Waals surface area contributed by atoms with Gasteiger partial charge in [0, 0.05) is 32.2 Å². The maximum absolute atomic E-state index is 11.9. The van der Waals surface area contributed by atoms with Crippen LogP contribution in [0.15, 0.2) is 59.6 Å². The lowest BCUT2D eigenvalue weighted by Gasteiger charge is -2.12. The molecule has 1 amide bonds. The van der Waals surface area contributed by atoms with Crippen LogP contribution in [0.1, 0.15) is 28.4 Å². The number of hydrogen-bond donors (Lipinski definition) is 3. The zero-order valence-corrected chi connectivity index (χ0v) is 16.9. The quantitative estimate of drug-likeness (QED) is 0.359. The van der Waals surface area contributed by atoms with Gasteiger partial charge >= 0.3 is 0 Å². The summed E-state index contributed by atoms with van der Waals surface area (Å²) in [5, 5.41) is 9.34. The molecule has 134 valence electrons. The normalized spacial score (nSPS) is 10.6. The Morgan fingerprint density at radius 1 is 0.920 bits per heavy atom. The zero-order chi connectivity index (χ0) is 17.2. The first-order valence-electron chi connectivity index (χ1n) is 8.08. The average Bonchev–Trinajstić information content (AvgIpc) is 2.63. The van der Waals surface area contributed by atoms with E-state index in [4.69, 9.17) is 0 Å². The molecule has 3 N–H and O–H groups in total. The number of nitrogens with zero attached hydrogens (tertiary/aromatic N) is 1. The second kappa shape index (κ2) is 11.5. The predicted octanol–water partition coefficient (Wildman–Crippen LogP) is 2.92. The Kier molecular flexibility index (Phi) is 9.61. The third-order valence-corrected chi connectivity index (χ3v) is 3.51. The van der Waals surface area contributed by atoms with E-state index in [0.29, 0.717) is 25.2 Å². The Balaban J connectivity index is 0.00000312. The maximum atomic E-state index is 11.9. The topological polar surface area (TPSA) is 65.5 Å². The summed E-state index contributed by atoms with van der Waals surface area (Å²) in [6.45, 7) is 3.84. The van der Waals surface area contributed by atoms with E-state index < -0.39 is 0 Å². The molecule has 0 radical (unpaired) electrons. The second-order valence-corrected chi connectivity index (χ2v) is 5.32. The van der Waals surface area contributed by atoms with Crippen LogP contribution in [0.2, 0.25) is 0 Å². The SMILES string of the molecule is CCNC(=O)c1cccc(CNC(=NC)NCc2ccccc2)c1.I. The fraction of sp³-hybridized carbons (Fsp3) is 0.263. The molecule has 0 saturated carbocycles. The molecule has 0 heterocycles. The molecule has 6 heteroatoms. The summed E-state index contributed by atoms with van der Waals surface area (Å²) in [6, 6.07) is 17.7. The molecule has 0 fully saturated rings. The molecule has 2 rings (SSSR count). The van der Waals surface area contributed by atoms with E-state index in [1.807, 2.05) is 49.4 Å². The number of carbonyl (C=O) groups excluding carboxylic acids is 1. The molecule has 5 nitrogen and oxygen atoms in total. The first-order valence-corrected chi connectivity index (χ1v) is 8.08. The monoisotopic (exact) mass is 452 g/mol. The van der Waals surface area contributed by atoms with Crippen molar-refractivity contribution in [1.29, 1.82) is 0 Å². The number of carbonyl (C=O) groups is 1. The minimum atomic E-state index is -0.0501. The van der Waals surface area contributed by atoms with Gasteiger partial charge < -0.3 is 16.0 Å². The fourth-order valence-corrected chi connectivity index (χ4v) is 2.27. The van der Waals surface area contributed by atoms with Gasteiger partial charge in [-0.3, -0.25) is 9.79 Å². The molecule has 0 aromatic heterocycles. The van der Waals surface area contributed by atoms with Gasteiger partial charge in [0.2, 0.25) is 0 Å². The Morgan fingerprint density at radius 3 is 2.20 bits per heavy atom. The number of amides is 1. The van der Waals surface area contributed by atoms with E-state index in [0.717, 1.165) is 11.5 Å². The van der Waals surface area contributed by atoms with Crippen molar-refractivity contribution in [3.63, 3.8) is 0 Å². The van der Waals surface area contributed by atoms with Crippen LogP contribution < -0.4 is 16.0 Å². The van der Waals surface area contributed by atoms with Crippen LogP contribution in [0.4, 0.5) is 0 Å². The highest BCUT2D eigenvalue weighted by atomic mass is 127. The van der Waals surface area contributed by atoms with Crippen molar-refractivity contribution in [2.45, 2.75) is 20.0 Å². The number of nitrogens with one attached hydrogen (secondary N) is 3. The molecular formula is C19H25IN4O. The molecular weight excluding hydrogens is 427 g/mol. The van der Waals surface area contributed by atoms with Crippen molar-refractivity contribution >= 4 is 35.8 Å². The number of halogens is 1. The minimum Gasteiger partial charge on any atom is -0.352 e. The summed E-state index contributed by atoms with van der Waals surface area (Å²) >= 11 is 0. The standard InChI is InChI=1S/C19H24N4O.HI/c1-3-21-18(24)17-11-7-10-16(12-17)14-23-19(20-2)22-13-15-8-5-4-6-9-15;/h4-12H,3,13-14H2,1-2H3,(H,21,24)(H2,20,22,23);1H. The summed E-state index contributed by atoms with van der Waals surface area (Å²) in [5.74, 6) is 0.674. The van der Waals surface area contributed by atoms with E-state index in [9.17, 15) is 4.79 Å². The summed E-state index contributed by atoms with van der Waals surface area (Å²) < 4.78 is 0. The van der Waals surface area contributed by atoms with Crippen LogP contribution in [-0.2, 0) is 13.1 Å². The lowest BCUT2D eigenvalue weighted by atomic mass is 10.1. The molecule has 0 aliphatic heterocycles. The maximum Gasteiger partial charge on any atom is 0.251 e. The summed E-state index contributed by atoms with van der Waals surface area (Å²) in [5.41, 5.74) is 2.89. The first kappa shape index (κ1) is 21.0. The highest BCUT2D eigenvalue weighted by Gasteiger charge is 2.05. The lowest BCUT2D eigenvalue weighted by molar-refractivity contribution is 0.0955. The van der Waals surface area contributed by atoms with Crippen LogP contribution in [0.3, 0.4) is 0 Å². The van der Waals surface area contributed by atoms with Gasteiger partial charge in [0.05, 0.1) is 0 Å². The van der Waals surface area contributed by atoms with Crippen molar-refractivity contribution in [3.05, 3.63) is 71.3 Å². The zero-order valence-electron chi connectivity index (χ0n) is 14.6. The van der Waals surface area contributed by atoms with Gasteiger partial charge in [0.15, 0.2) is 5.96 Å². The number of guanidine groups is 1. The lowest BCUT2D eigenvalue weighted by Crippen LogP contribution is -2.36. The third-order valence-electron chi connectivity index (χ3n) is 3.51. The smallest absolute Gasteiger partial charge is 0.251 e. The first-order chi connectivity index (χ1) is 11.7. The van der Waals surface area contributed by atoms with E-state index in [-0.39, 0.29) is 29.9 Å². The Labute approximate surface area is 166 Å². The van der Waals surface area contributed by atoms with Crippen LogP contribution >= 0.6 is 24.0 Å². The molecule has 2 aromatic rings. The number of rotatable bonds is 6. The number of benzene rings is 2. The second-order valence-electron chi connectivity index (χ2n) is 5.32. The van der Waals surface area contributed by atoms with E-state index >= 15 is 0 Å². The van der Waals surface area contributed by atoms with Gasteiger partial charge in [0.25, 0.3) is 5.91 Å². The fourth-order valence-electron chi connectivity index (χ4n) is 2.27. The summed E-state index contributed by atoms with van der Waals surface area (Å²) in [4.78, 5) is 16.1. The van der Waals surface area contributed by atoms with Crippen LogP contribution in [0.5, 0.6) is 0 Å². The van der Waals surface area contributed by atoms with Crippen molar-refractivity contribution in [1.82, 2.24) is 16.0 Å². The molecule has 0 unspecified atom stereocenters. The predicted molar refractivity (Wildman–Crippen MR) is 113 cm³/mol. The molecule has 0 aliphatic rings. The van der Waals surface area contributed by atoms with Gasteiger partial charge in [0.1, 0.15) is 0 Å². The average molecular weight is 452 g/mol. The van der Waals surface area contributed by atoms with Crippen molar-refractivity contribution in [2.75, 3.05) is 13.6 Å². The van der Waals surface area contributed by atoms with Crippen LogP contribution in [0.25, 0.3) is 0 Å². The van der Waals surface area contributed by atoms with Gasteiger partial charge in [-0.15, -0.1) is 24.0 Å². The molecule has 0 bridgehead atoms. The van der Waals surface area contributed by atoms with Crippen LogP contribution in [-0.4, -0.2) is 25.5 Å². The van der Waals surface area contributed by atoms with Gasteiger partial charge in [-0.1, -0.05) is 42.5 Å². The van der Waals surface area contributed by atoms with Gasteiger partial charge in [-0.05, 0) is 30.2 Å². The number of aliphatic imine (C=N–C) groups is 1. The highest BCUT2D eigenvalue weighted by molar-refractivity contribution is 14.0. The molecule has 0 spiro atoms. The van der Waals surface area contributed by atoms with E-state index in [2.05, 4.69) is 33.1 Å². The van der Waals surface area contributed by atoms with Crippen molar-refractivity contribution < 1.29 is 4.79 Å². The third kappa shape index (κ3) is 7.13. The Hall–Kier alpha value is -2.09. The number of hydrogen-bond acceptors (Lipinski definition) is 2. The molecule has 0 saturated heterocycles. The molecule has 0 atom stereocenters. The highest BCUT2D eigenvalue weighted by Crippen LogP contribution is 2.05. The van der Waals surface area contributed by atoms with E-state index in [1.165, 1.54) is 5.56 Å². The van der Waals surface area contributed by atoms with E-state index in [1.54, 1.807) is 7.05 Å². The molecule has 0 aliphatic carbocycles. The Bertz CT molecular complexity index is 689. The van der Waals surface area contributed by atoms with Gasteiger partial charge in [-0.25, -0.2) is 0 Å². The Morgan fingerprint density at radius 2 is 1.56 bits per heavy atom. The van der Waals surface area contributed by atoms with Crippen molar-refractivity contribution in [3.8, 4) is 0 Å². The minimum absolute atomic E-state index is 0. The summed E-state index contributed by atoms with van der Waals surface area (Å²) in [7, 11) is 1.74. The van der Waals surface area contributed by atoms with Crippen molar-refractivity contribution in [2.24, 2.45) is 4.99 Å². The molecule has 25 heavy (non-hydrogen) atoms. The van der Waals surface area contributed by atoms with Crippen LogP contribution in [0, 0.1) is 0 Å². The summed E-state index contributed by atoms with van der Waals surface area (Å²) in [6.07, 6.45) is 0. The largest absolute Gasteiger partial charge is 0.352 e. The van der Waals surface area contributed by atoms with Gasteiger partial charge in [-0.2, -0.15) is 0 Å².